The third kappa shape index (κ3) is 4.36. The largest absolute Gasteiger partial charge is 0.374 e. The topological polar surface area (TPSA) is 104 Å². The molecule has 1 amide bonds. The van der Waals surface area contributed by atoms with E-state index in [4.69, 9.17) is 9.47 Å². The number of hydrogen-bond donors (Lipinski definition) is 1. The highest BCUT2D eigenvalue weighted by Gasteiger charge is 2.32. The number of hydrogen-bond acceptors (Lipinski definition) is 8. The molecular weight excluding hydrogens is 384 g/mol. The number of morpholine rings is 2. The first-order valence-corrected chi connectivity index (χ1v) is 10.2. The molecule has 2 aromatic rings. The second kappa shape index (κ2) is 8.92. The fraction of sp³-hybridized carbons (Fsp3) is 0.524. The maximum atomic E-state index is 12.8. The molecule has 2 fully saturated rings. The maximum Gasteiger partial charge on any atom is 0.251 e. The second-order valence-electron chi connectivity index (χ2n) is 7.84. The summed E-state index contributed by atoms with van der Waals surface area (Å²) in [5, 5.41) is 12.3. The number of nitrogens with one attached hydrogen (secondary N) is 1. The molecule has 0 radical (unpaired) electrons. The molecule has 9 heteroatoms. The number of ether oxygens (including phenoxy) is 2. The van der Waals surface area contributed by atoms with E-state index in [0.29, 0.717) is 42.8 Å². The van der Waals surface area contributed by atoms with Gasteiger partial charge in [0, 0.05) is 38.6 Å². The Morgan fingerprint density at radius 1 is 1.27 bits per heavy atom. The smallest absolute Gasteiger partial charge is 0.251 e. The summed E-state index contributed by atoms with van der Waals surface area (Å²) in [6.07, 6.45) is 2.45. The van der Waals surface area contributed by atoms with Crippen LogP contribution >= 0.6 is 0 Å². The average Bonchev–Trinajstić information content (AvgIpc) is 2.76. The van der Waals surface area contributed by atoms with E-state index >= 15 is 0 Å². The van der Waals surface area contributed by atoms with Crippen LogP contribution in [-0.4, -0.2) is 85.5 Å². The number of rotatable bonds is 4. The first-order chi connectivity index (χ1) is 14.5. The zero-order valence-electron chi connectivity index (χ0n) is 17.2. The van der Waals surface area contributed by atoms with Gasteiger partial charge in [-0.1, -0.05) is 0 Å². The van der Waals surface area contributed by atoms with Crippen LogP contribution in [0.2, 0.25) is 0 Å². The summed E-state index contributed by atoms with van der Waals surface area (Å²) in [6, 6.07) is 5.78. The maximum absolute atomic E-state index is 12.8. The van der Waals surface area contributed by atoms with E-state index in [2.05, 4.69) is 31.2 Å². The van der Waals surface area contributed by atoms with Gasteiger partial charge in [-0.25, -0.2) is 0 Å². The predicted octanol–water partition coefficient (Wildman–Crippen LogP) is 0.542. The highest BCUT2D eigenvalue weighted by molar-refractivity contribution is 5.92. The molecule has 0 saturated carbocycles. The Hall–Kier alpha value is -2.80. The van der Waals surface area contributed by atoms with Crippen molar-refractivity contribution in [1.29, 1.82) is 5.26 Å². The van der Waals surface area contributed by atoms with Crippen LogP contribution in [0, 0.1) is 11.3 Å². The lowest BCUT2D eigenvalue weighted by Gasteiger charge is -2.38. The number of anilines is 1. The van der Waals surface area contributed by atoms with Gasteiger partial charge in [0.25, 0.3) is 5.91 Å². The number of nitriles is 1. The monoisotopic (exact) mass is 410 g/mol. The van der Waals surface area contributed by atoms with Crippen molar-refractivity contribution >= 4 is 22.6 Å². The van der Waals surface area contributed by atoms with E-state index < -0.39 is 6.10 Å². The second-order valence-corrected chi connectivity index (χ2v) is 7.84. The standard InChI is InChI=1S/C21H26N6O3/c1-14-11-27(17-4-3-15(9-22)19-20(17)24-6-5-23-19)13-18(30-14)21(28)25-10-16-12-26(2)7-8-29-16/h3-6,14,16,18H,7-8,10-13H2,1-2H3,(H,25,28)/t14?,16?,18-/m1/s1. The SMILES string of the molecule is CC1CN(c2ccc(C#N)c3nccnc23)C[C@H](C(=O)NCC2CN(C)CCO2)O1. The zero-order valence-corrected chi connectivity index (χ0v) is 17.2. The Labute approximate surface area is 175 Å². The minimum absolute atomic E-state index is 0.0115. The molecule has 1 aromatic heterocycles. The third-order valence-electron chi connectivity index (χ3n) is 5.46. The van der Waals surface area contributed by atoms with Crippen LogP contribution < -0.4 is 10.2 Å². The van der Waals surface area contributed by atoms with Crippen LogP contribution in [0.3, 0.4) is 0 Å². The van der Waals surface area contributed by atoms with E-state index in [1.807, 2.05) is 20.0 Å². The number of nitrogens with zero attached hydrogens (tertiary/aromatic N) is 5. The van der Waals surface area contributed by atoms with E-state index in [1.165, 1.54) is 0 Å². The van der Waals surface area contributed by atoms with E-state index in [1.54, 1.807) is 18.5 Å². The third-order valence-corrected chi connectivity index (χ3v) is 5.46. The van der Waals surface area contributed by atoms with Crippen LogP contribution in [0.15, 0.2) is 24.5 Å². The van der Waals surface area contributed by atoms with Gasteiger partial charge in [0.15, 0.2) is 6.10 Å². The van der Waals surface area contributed by atoms with Crippen molar-refractivity contribution in [3.63, 3.8) is 0 Å². The van der Waals surface area contributed by atoms with Crippen molar-refractivity contribution in [3.8, 4) is 6.07 Å². The number of carbonyl (C=O) groups is 1. The van der Waals surface area contributed by atoms with Crippen LogP contribution in [0.25, 0.3) is 11.0 Å². The average molecular weight is 410 g/mol. The molecule has 2 saturated heterocycles. The molecule has 30 heavy (non-hydrogen) atoms. The van der Waals surface area contributed by atoms with Gasteiger partial charge in [-0.3, -0.25) is 14.8 Å². The van der Waals surface area contributed by atoms with E-state index in [9.17, 15) is 10.1 Å². The molecule has 0 spiro atoms. The first-order valence-electron chi connectivity index (χ1n) is 10.2. The van der Waals surface area contributed by atoms with Gasteiger partial charge in [-0.05, 0) is 26.1 Å². The summed E-state index contributed by atoms with van der Waals surface area (Å²) in [6.45, 7) is 5.81. The molecule has 2 unspecified atom stereocenters. The summed E-state index contributed by atoms with van der Waals surface area (Å²) in [5.74, 6) is -0.146. The molecule has 1 aromatic carbocycles. The molecule has 2 aliphatic heterocycles. The molecule has 3 heterocycles. The van der Waals surface area contributed by atoms with Crippen LogP contribution in [0.1, 0.15) is 12.5 Å². The van der Waals surface area contributed by atoms with Crippen molar-refractivity contribution in [2.45, 2.75) is 25.2 Å². The van der Waals surface area contributed by atoms with Crippen molar-refractivity contribution in [3.05, 3.63) is 30.1 Å². The van der Waals surface area contributed by atoms with Crippen LogP contribution in [0.4, 0.5) is 5.69 Å². The van der Waals surface area contributed by atoms with Crippen molar-refractivity contribution in [2.75, 3.05) is 51.3 Å². The Bertz CT molecular complexity index is 961. The number of likely N-dealkylation sites (N-methyl/N-ethyl adjacent to an activating group) is 1. The Morgan fingerprint density at radius 3 is 2.83 bits per heavy atom. The Balaban J connectivity index is 1.48. The number of carbonyl (C=O) groups excluding carboxylic acids is 1. The number of fused-ring (bicyclic) bond motifs is 1. The van der Waals surface area contributed by atoms with Gasteiger partial charge in [0.2, 0.25) is 0 Å². The minimum Gasteiger partial charge on any atom is -0.374 e. The van der Waals surface area contributed by atoms with Gasteiger partial charge in [-0.2, -0.15) is 5.26 Å². The summed E-state index contributed by atoms with van der Waals surface area (Å²) in [4.78, 5) is 25.9. The van der Waals surface area contributed by atoms with Crippen LogP contribution in [0.5, 0.6) is 0 Å². The van der Waals surface area contributed by atoms with Gasteiger partial charge in [0.05, 0.1) is 36.6 Å². The summed E-state index contributed by atoms with van der Waals surface area (Å²) in [7, 11) is 2.05. The molecule has 1 N–H and O–H groups in total. The molecule has 0 aliphatic carbocycles. The molecular formula is C21H26N6O3. The Kier molecular flexibility index (Phi) is 6.08. The molecule has 9 nitrogen and oxygen atoms in total. The zero-order chi connectivity index (χ0) is 21.1. The van der Waals surface area contributed by atoms with E-state index in [-0.39, 0.29) is 18.1 Å². The first kappa shape index (κ1) is 20.5. The quantitative estimate of drug-likeness (QED) is 0.779. The summed E-state index contributed by atoms with van der Waals surface area (Å²) in [5.41, 5.74) is 2.55. The van der Waals surface area contributed by atoms with Crippen molar-refractivity contribution in [1.82, 2.24) is 20.2 Å². The summed E-state index contributed by atoms with van der Waals surface area (Å²) >= 11 is 0. The van der Waals surface area contributed by atoms with Gasteiger partial charge >= 0.3 is 0 Å². The Morgan fingerprint density at radius 2 is 2.07 bits per heavy atom. The lowest BCUT2D eigenvalue weighted by atomic mass is 10.1. The lowest BCUT2D eigenvalue weighted by Crippen LogP contribution is -2.54. The van der Waals surface area contributed by atoms with Gasteiger partial charge < -0.3 is 24.6 Å². The summed E-state index contributed by atoms with van der Waals surface area (Å²) < 4.78 is 11.6. The molecule has 2 aliphatic rings. The fourth-order valence-electron chi connectivity index (χ4n) is 4.00. The normalized spacial score (nSPS) is 25.1. The van der Waals surface area contributed by atoms with Crippen molar-refractivity contribution in [2.24, 2.45) is 0 Å². The van der Waals surface area contributed by atoms with Gasteiger partial charge in [-0.15, -0.1) is 0 Å². The molecule has 3 atom stereocenters. The molecule has 158 valence electrons. The number of benzene rings is 1. The molecule has 0 bridgehead atoms. The fourth-order valence-corrected chi connectivity index (χ4v) is 4.00. The van der Waals surface area contributed by atoms with Gasteiger partial charge in [0.1, 0.15) is 17.1 Å². The predicted molar refractivity (Wildman–Crippen MR) is 111 cm³/mol. The highest BCUT2D eigenvalue weighted by Crippen LogP contribution is 2.28. The van der Waals surface area contributed by atoms with Crippen molar-refractivity contribution < 1.29 is 14.3 Å². The molecule has 4 rings (SSSR count). The lowest BCUT2D eigenvalue weighted by molar-refractivity contribution is -0.138. The highest BCUT2D eigenvalue weighted by atomic mass is 16.5. The number of aromatic nitrogens is 2. The van der Waals surface area contributed by atoms with Crippen LogP contribution in [-0.2, 0) is 14.3 Å². The number of amides is 1. The van der Waals surface area contributed by atoms with E-state index in [0.717, 1.165) is 18.8 Å². The minimum atomic E-state index is -0.600.